The van der Waals surface area contributed by atoms with Crippen molar-refractivity contribution in [2.75, 3.05) is 7.11 Å². The second-order valence-corrected chi connectivity index (χ2v) is 2.70. The van der Waals surface area contributed by atoms with E-state index in [1.807, 2.05) is 0 Å². The highest BCUT2D eigenvalue weighted by atomic mass is 16.5. The molecule has 5 nitrogen and oxygen atoms in total. The molecule has 0 radical (unpaired) electrons. The molecule has 0 aromatic carbocycles. The molecule has 2 atom stereocenters. The van der Waals surface area contributed by atoms with Crippen LogP contribution >= 0.6 is 0 Å². The Kier molecular flexibility index (Phi) is 3.21. The Bertz CT molecular complexity index is 196. The van der Waals surface area contributed by atoms with Crippen molar-refractivity contribution in [2.45, 2.75) is 19.4 Å². The third kappa shape index (κ3) is 1.94. The molecule has 0 aliphatic rings. The fraction of sp³-hybridized carbons (Fsp3) is 0.714. The smallest absolute Gasteiger partial charge is 0.338 e. The summed E-state index contributed by atoms with van der Waals surface area (Å²) in [7, 11) is 1.09. The van der Waals surface area contributed by atoms with Crippen LogP contribution in [0.5, 0.6) is 0 Å². The maximum Gasteiger partial charge on any atom is 0.338 e. The topological polar surface area (TPSA) is 83.8 Å². The lowest BCUT2D eigenvalue weighted by Crippen LogP contribution is -2.45. The van der Waals surface area contributed by atoms with Crippen molar-refractivity contribution in [2.24, 2.45) is 5.92 Å². The second kappa shape index (κ2) is 3.53. The molecule has 0 saturated carbocycles. The molecular weight excluding hydrogens is 164 g/mol. The molecule has 0 aromatic heterocycles. The molecule has 0 heterocycles. The van der Waals surface area contributed by atoms with Crippen molar-refractivity contribution in [3.05, 3.63) is 0 Å². The van der Waals surface area contributed by atoms with Crippen molar-refractivity contribution in [3.63, 3.8) is 0 Å². The number of ether oxygens (including phenoxy) is 1. The highest BCUT2D eigenvalue weighted by Crippen LogP contribution is 2.18. The van der Waals surface area contributed by atoms with Crippen LogP contribution in [0.2, 0.25) is 0 Å². The molecule has 0 amide bonds. The van der Waals surface area contributed by atoms with Crippen LogP contribution in [-0.4, -0.2) is 34.9 Å². The second-order valence-electron chi connectivity index (χ2n) is 2.70. The van der Waals surface area contributed by atoms with Gasteiger partial charge in [-0.05, 0) is 13.8 Å². The van der Waals surface area contributed by atoms with Crippen LogP contribution in [0.1, 0.15) is 13.8 Å². The van der Waals surface area contributed by atoms with E-state index in [4.69, 9.17) is 5.11 Å². The summed E-state index contributed by atoms with van der Waals surface area (Å²) in [5, 5.41) is 17.9. The summed E-state index contributed by atoms with van der Waals surface area (Å²) in [6.07, 6.45) is 0. The average Bonchev–Trinajstić information content (AvgIpc) is 2.01. The monoisotopic (exact) mass is 176 g/mol. The molecule has 0 bridgehead atoms. The van der Waals surface area contributed by atoms with Gasteiger partial charge in [-0.25, -0.2) is 4.79 Å². The molecule has 12 heavy (non-hydrogen) atoms. The zero-order valence-electron chi connectivity index (χ0n) is 7.20. The number of rotatable bonds is 3. The molecule has 0 aliphatic heterocycles. The van der Waals surface area contributed by atoms with Crippen molar-refractivity contribution >= 4 is 11.9 Å². The minimum Gasteiger partial charge on any atom is -0.481 e. The molecular formula is C7H12O5. The van der Waals surface area contributed by atoms with Gasteiger partial charge >= 0.3 is 11.9 Å². The number of carboxylic acids is 1. The largest absolute Gasteiger partial charge is 0.481 e. The van der Waals surface area contributed by atoms with Gasteiger partial charge in [0.2, 0.25) is 0 Å². The minimum atomic E-state index is -1.97. The van der Waals surface area contributed by atoms with Crippen LogP contribution in [0.25, 0.3) is 0 Å². The van der Waals surface area contributed by atoms with E-state index in [9.17, 15) is 14.7 Å². The Morgan fingerprint density at radius 3 is 2.17 bits per heavy atom. The number of methoxy groups -OCH3 is 1. The van der Waals surface area contributed by atoms with Crippen molar-refractivity contribution in [3.8, 4) is 0 Å². The Hall–Kier alpha value is -1.10. The summed E-state index contributed by atoms with van der Waals surface area (Å²) in [4.78, 5) is 21.2. The van der Waals surface area contributed by atoms with Crippen molar-refractivity contribution in [1.82, 2.24) is 0 Å². The predicted octanol–water partition coefficient (Wildman–Crippen LogP) is -0.369. The quantitative estimate of drug-likeness (QED) is 0.573. The lowest BCUT2D eigenvalue weighted by Gasteiger charge is -2.23. The van der Waals surface area contributed by atoms with Gasteiger partial charge in [-0.3, -0.25) is 4.79 Å². The standard InChI is InChI=1S/C7H12O5/c1-4(5(8)9)7(2,11)6(10)12-3/h4,11H,1-3H3,(H,8,9). The minimum absolute atomic E-state index is 0.947. The first-order valence-electron chi connectivity index (χ1n) is 3.37. The van der Waals surface area contributed by atoms with Crippen LogP contribution in [0.4, 0.5) is 0 Å². The average molecular weight is 176 g/mol. The summed E-state index contributed by atoms with van der Waals surface area (Å²) in [6.45, 7) is 2.34. The van der Waals surface area contributed by atoms with E-state index in [-0.39, 0.29) is 0 Å². The fourth-order valence-electron chi connectivity index (χ4n) is 0.624. The highest BCUT2D eigenvalue weighted by molar-refractivity contribution is 5.86. The molecule has 0 spiro atoms. The SMILES string of the molecule is COC(=O)C(C)(O)C(C)C(=O)O. The molecule has 0 fully saturated rings. The summed E-state index contributed by atoms with van der Waals surface area (Å²) < 4.78 is 4.23. The van der Waals surface area contributed by atoms with Gasteiger partial charge in [0, 0.05) is 0 Å². The summed E-state index contributed by atoms with van der Waals surface area (Å²) in [5.74, 6) is -3.38. The normalized spacial score (nSPS) is 17.7. The van der Waals surface area contributed by atoms with Gasteiger partial charge in [-0.2, -0.15) is 0 Å². The number of aliphatic carboxylic acids is 1. The third-order valence-corrected chi connectivity index (χ3v) is 1.81. The van der Waals surface area contributed by atoms with Crippen molar-refractivity contribution < 1.29 is 24.5 Å². The van der Waals surface area contributed by atoms with Gasteiger partial charge in [-0.15, -0.1) is 0 Å². The summed E-state index contributed by atoms with van der Waals surface area (Å²) >= 11 is 0. The van der Waals surface area contributed by atoms with E-state index < -0.39 is 23.5 Å². The van der Waals surface area contributed by atoms with Crippen LogP contribution in [0.15, 0.2) is 0 Å². The van der Waals surface area contributed by atoms with E-state index in [2.05, 4.69) is 4.74 Å². The van der Waals surface area contributed by atoms with Gasteiger partial charge in [0.25, 0.3) is 0 Å². The predicted molar refractivity (Wildman–Crippen MR) is 39.4 cm³/mol. The number of carboxylic acid groups (broad SMARTS) is 1. The molecule has 2 N–H and O–H groups in total. The van der Waals surface area contributed by atoms with Crippen molar-refractivity contribution in [1.29, 1.82) is 0 Å². The van der Waals surface area contributed by atoms with E-state index in [0.29, 0.717) is 0 Å². The van der Waals surface area contributed by atoms with E-state index >= 15 is 0 Å². The molecule has 0 saturated heterocycles. The summed E-state index contributed by atoms with van der Waals surface area (Å²) in [6, 6.07) is 0. The van der Waals surface area contributed by atoms with Crippen LogP contribution in [-0.2, 0) is 14.3 Å². The zero-order valence-corrected chi connectivity index (χ0v) is 7.20. The molecule has 0 aliphatic carbocycles. The molecule has 0 rings (SSSR count). The number of hydrogen-bond acceptors (Lipinski definition) is 4. The van der Waals surface area contributed by atoms with Gasteiger partial charge in [-0.1, -0.05) is 0 Å². The Balaban J connectivity index is 4.60. The number of hydrogen-bond donors (Lipinski definition) is 2. The van der Waals surface area contributed by atoms with Gasteiger partial charge in [0.05, 0.1) is 13.0 Å². The first kappa shape index (κ1) is 10.9. The molecule has 70 valence electrons. The summed E-state index contributed by atoms with van der Waals surface area (Å²) in [5.41, 5.74) is -1.97. The molecule has 0 aromatic rings. The lowest BCUT2D eigenvalue weighted by molar-refractivity contribution is -0.173. The molecule has 5 heteroatoms. The van der Waals surface area contributed by atoms with Gasteiger partial charge in [0.15, 0.2) is 5.60 Å². The highest BCUT2D eigenvalue weighted by Gasteiger charge is 2.41. The first-order chi connectivity index (χ1) is 5.34. The maximum absolute atomic E-state index is 10.8. The first-order valence-corrected chi connectivity index (χ1v) is 3.37. The Labute approximate surface area is 70.0 Å². The maximum atomic E-state index is 10.8. The fourth-order valence-corrected chi connectivity index (χ4v) is 0.624. The van der Waals surface area contributed by atoms with E-state index in [1.54, 1.807) is 0 Å². The number of aliphatic hydroxyl groups is 1. The number of esters is 1. The third-order valence-electron chi connectivity index (χ3n) is 1.81. The van der Waals surface area contributed by atoms with Crippen LogP contribution in [0.3, 0.4) is 0 Å². The van der Waals surface area contributed by atoms with E-state index in [1.165, 1.54) is 6.92 Å². The van der Waals surface area contributed by atoms with E-state index in [0.717, 1.165) is 14.0 Å². The number of carbonyl (C=O) groups excluding carboxylic acids is 1. The van der Waals surface area contributed by atoms with Gasteiger partial charge in [0.1, 0.15) is 0 Å². The van der Waals surface area contributed by atoms with Crippen LogP contribution < -0.4 is 0 Å². The molecule has 2 unspecified atom stereocenters. The Morgan fingerprint density at radius 2 is 1.92 bits per heavy atom. The zero-order chi connectivity index (χ0) is 9.94. The number of carbonyl (C=O) groups is 2. The van der Waals surface area contributed by atoms with Gasteiger partial charge < -0.3 is 14.9 Å². The lowest BCUT2D eigenvalue weighted by atomic mass is 9.91. The van der Waals surface area contributed by atoms with Crippen LogP contribution in [0, 0.1) is 5.92 Å². The Morgan fingerprint density at radius 1 is 1.50 bits per heavy atom.